The Bertz CT molecular complexity index is 471. The highest BCUT2D eigenvalue weighted by Gasteiger charge is 2.01. The number of ether oxygens (including phenoxy) is 1. The minimum absolute atomic E-state index is 0.0116. The van der Waals surface area contributed by atoms with E-state index in [-0.39, 0.29) is 13.2 Å². The summed E-state index contributed by atoms with van der Waals surface area (Å²) in [7, 11) is 0. The zero-order valence-electron chi connectivity index (χ0n) is 8.51. The molecular weight excluding hydrogens is 228 g/mol. The van der Waals surface area contributed by atoms with Crippen molar-refractivity contribution in [2.24, 2.45) is 0 Å². The van der Waals surface area contributed by atoms with Gasteiger partial charge in [-0.15, -0.1) is 0 Å². The van der Waals surface area contributed by atoms with Crippen molar-refractivity contribution in [1.82, 2.24) is 9.78 Å². The summed E-state index contributed by atoms with van der Waals surface area (Å²) in [5.74, 6) is 0.619. The molecule has 2 rings (SSSR count). The summed E-state index contributed by atoms with van der Waals surface area (Å²) in [6, 6.07) is 7.37. The van der Waals surface area contributed by atoms with E-state index in [0.29, 0.717) is 10.8 Å². The van der Waals surface area contributed by atoms with E-state index >= 15 is 0 Å². The lowest BCUT2D eigenvalue weighted by molar-refractivity contribution is 0.201. The van der Waals surface area contributed by atoms with Gasteiger partial charge >= 0.3 is 0 Å². The summed E-state index contributed by atoms with van der Waals surface area (Å²) >= 11 is 5.88. The predicted octanol–water partition coefficient (Wildman–Crippen LogP) is 1.90. The van der Waals surface area contributed by atoms with Crippen molar-refractivity contribution in [3.8, 4) is 11.4 Å². The van der Waals surface area contributed by atoms with Crippen LogP contribution in [-0.4, -0.2) is 28.1 Å². The molecule has 0 aliphatic carbocycles. The Kier molecular flexibility index (Phi) is 3.44. The number of rotatable bonds is 4. The van der Waals surface area contributed by atoms with Crippen molar-refractivity contribution in [3.63, 3.8) is 0 Å². The maximum absolute atomic E-state index is 8.62. The summed E-state index contributed by atoms with van der Waals surface area (Å²) in [6.07, 6.45) is 3.33. The van der Waals surface area contributed by atoms with Crippen molar-refractivity contribution in [3.05, 3.63) is 41.7 Å². The molecule has 5 heteroatoms. The molecule has 0 atom stereocenters. The van der Waals surface area contributed by atoms with Crippen LogP contribution in [0.4, 0.5) is 0 Å². The van der Waals surface area contributed by atoms with Gasteiger partial charge in [0.2, 0.25) is 0 Å². The maximum Gasteiger partial charge on any atom is 0.157 e. The van der Waals surface area contributed by atoms with Crippen LogP contribution in [0.25, 0.3) is 5.69 Å². The van der Waals surface area contributed by atoms with Gasteiger partial charge < -0.3 is 9.84 Å². The average Bonchev–Trinajstić information content (AvgIpc) is 2.75. The molecule has 1 aromatic heterocycles. The predicted molar refractivity (Wildman–Crippen MR) is 61.2 cm³/mol. The molecule has 0 aliphatic rings. The van der Waals surface area contributed by atoms with E-state index in [1.807, 2.05) is 18.2 Å². The quantitative estimate of drug-likeness (QED) is 0.885. The fraction of sp³-hybridized carbons (Fsp3) is 0.182. The number of aromatic nitrogens is 2. The second-order valence-corrected chi connectivity index (χ2v) is 3.61. The van der Waals surface area contributed by atoms with E-state index in [0.717, 1.165) is 5.69 Å². The van der Waals surface area contributed by atoms with Crippen LogP contribution < -0.4 is 4.74 Å². The summed E-state index contributed by atoms with van der Waals surface area (Å²) in [4.78, 5) is 0. The third-order valence-electron chi connectivity index (χ3n) is 1.99. The number of nitrogens with zero attached hydrogens (tertiary/aromatic N) is 2. The highest BCUT2D eigenvalue weighted by Crippen LogP contribution is 2.17. The number of hydrogen-bond donors (Lipinski definition) is 1. The highest BCUT2D eigenvalue weighted by atomic mass is 35.5. The molecule has 16 heavy (non-hydrogen) atoms. The topological polar surface area (TPSA) is 47.3 Å². The molecule has 0 saturated heterocycles. The van der Waals surface area contributed by atoms with Gasteiger partial charge in [0, 0.05) is 5.02 Å². The Morgan fingerprint density at radius 1 is 1.44 bits per heavy atom. The normalized spacial score (nSPS) is 10.4. The van der Waals surface area contributed by atoms with E-state index in [9.17, 15) is 0 Å². The third-order valence-corrected chi connectivity index (χ3v) is 2.23. The minimum atomic E-state index is -0.0116. The van der Waals surface area contributed by atoms with Crippen molar-refractivity contribution < 1.29 is 9.84 Å². The molecule has 1 N–H and O–H groups in total. The third kappa shape index (κ3) is 2.53. The van der Waals surface area contributed by atoms with E-state index in [2.05, 4.69) is 5.10 Å². The standard InChI is InChI=1S/C11H11ClN2O2/c12-9-2-1-3-10(6-9)14-8-11(7-13-14)16-5-4-15/h1-3,6-8,15H,4-5H2. The van der Waals surface area contributed by atoms with Crippen molar-refractivity contribution >= 4 is 11.6 Å². The zero-order valence-corrected chi connectivity index (χ0v) is 9.26. The first-order valence-electron chi connectivity index (χ1n) is 4.84. The van der Waals surface area contributed by atoms with Gasteiger partial charge in [-0.3, -0.25) is 0 Å². The molecule has 1 heterocycles. The largest absolute Gasteiger partial charge is 0.488 e. The smallest absolute Gasteiger partial charge is 0.157 e. The molecule has 4 nitrogen and oxygen atoms in total. The SMILES string of the molecule is OCCOc1cnn(-c2cccc(Cl)c2)c1. The second kappa shape index (κ2) is 5.01. The Morgan fingerprint density at radius 2 is 2.31 bits per heavy atom. The van der Waals surface area contributed by atoms with E-state index in [1.54, 1.807) is 23.1 Å². The minimum Gasteiger partial charge on any atom is -0.488 e. The Labute approximate surface area is 98.0 Å². The molecule has 0 radical (unpaired) electrons. The van der Waals surface area contributed by atoms with Crippen molar-refractivity contribution in [1.29, 1.82) is 0 Å². The van der Waals surface area contributed by atoms with Crippen molar-refractivity contribution in [2.75, 3.05) is 13.2 Å². The lowest BCUT2D eigenvalue weighted by atomic mass is 10.3. The van der Waals surface area contributed by atoms with Gasteiger partial charge in [-0.25, -0.2) is 4.68 Å². The van der Waals surface area contributed by atoms with Crippen LogP contribution in [0.2, 0.25) is 5.02 Å². The number of benzene rings is 1. The maximum atomic E-state index is 8.62. The average molecular weight is 239 g/mol. The van der Waals surface area contributed by atoms with Crippen LogP contribution in [0.5, 0.6) is 5.75 Å². The van der Waals surface area contributed by atoms with Gasteiger partial charge in [-0.05, 0) is 18.2 Å². The van der Waals surface area contributed by atoms with Crippen LogP contribution in [0.1, 0.15) is 0 Å². The molecule has 0 spiro atoms. The summed E-state index contributed by atoms with van der Waals surface area (Å²) in [5.41, 5.74) is 0.867. The van der Waals surface area contributed by atoms with Gasteiger partial charge in [0.15, 0.2) is 5.75 Å². The molecule has 0 aliphatic heterocycles. The molecule has 1 aromatic carbocycles. The van der Waals surface area contributed by atoms with Crippen LogP contribution in [0.3, 0.4) is 0 Å². The summed E-state index contributed by atoms with van der Waals surface area (Å²) in [5, 5.41) is 13.4. The van der Waals surface area contributed by atoms with Gasteiger partial charge in [-0.2, -0.15) is 5.10 Å². The summed E-state index contributed by atoms with van der Waals surface area (Å²) in [6.45, 7) is 0.254. The molecule has 0 fully saturated rings. The fourth-order valence-corrected chi connectivity index (χ4v) is 1.49. The lowest BCUT2D eigenvalue weighted by Crippen LogP contribution is -2.00. The lowest BCUT2D eigenvalue weighted by Gasteiger charge is -2.01. The Hall–Kier alpha value is -1.52. The fourth-order valence-electron chi connectivity index (χ4n) is 1.30. The first kappa shape index (κ1) is 11.0. The molecule has 84 valence electrons. The molecule has 0 unspecified atom stereocenters. The number of aliphatic hydroxyl groups excluding tert-OH is 1. The second-order valence-electron chi connectivity index (χ2n) is 3.17. The van der Waals surface area contributed by atoms with Crippen molar-refractivity contribution in [2.45, 2.75) is 0 Å². The number of aliphatic hydroxyl groups is 1. The van der Waals surface area contributed by atoms with Crippen LogP contribution in [0.15, 0.2) is 36.7 Å². The monoisotopic (exact) mass is 238 g/mol. The number of hydrogen-bond acceptors (Lipinski definition) is 3. The molecule has 2 aromatic rings. The van der Waals surface area contributed by atoms with Gasteiger partial charge in [0.05, 0.1) is 24.7 Å². The van der Waals surface area contributed by atoms with Gasteiger partial charge in [-0.1, -0.05) is 17.7 Å². The molecule has 0 bridgehead atoms. The van der Waals surface area contributed by atoms with Crippen LogP contribution in [-0.2, 0) is 0 Å². The van der Waals surface area contributed by atoms with Crippen LogP contribution in [0, 0.1) is 0 Å². The molecular formula is C11H11ClN2O2. The molecule has 0 amide bonds. The summed E-state index contributed by atoms with van der Waals surface area (Å²) < 4.78 is 6.89. The van der Waals surface area contributed by atoms with E-state index in [4.69, 9.17) is 21.4 Å². The van der Waals surface area contributed by atoms with E-state index < -0.39 is 0 Å². The van der Waals surface area contributed by atoms with E-state index in [1.165, 1.54) is 0 Å². The number of halogens is 1. The highest BCUT2D eigenvalue weighted by molar-refractivity contribution is 6.30. The Morgan fingerprint density at radius 3 is 3.06 bits per heavy atom. The zero-order chi connectivity index (χ0) is 11.4. The first-order chi connectivity index (χ1) is 7.79. The Balaban J connectivity index is 2.18. The van der Waals surface area contributed by atoms with Gasteiger partial charge in [0.1, 0.15) is 6.61 Å². The van der Waals surface area contributed by atoms with Gasteiger partial charge in [0.25, 0.3) is 0 Å². The first-order valence-corrected chi connectivity index (χ1v) is 5.21. The van der Waals surface area contributed by atoms with Crippen LogP contribution >= 0.6 is 11.6 Å². The molecule has 0 saturated carbocycles.